The molecular weight excluding hydrogens is 397 g/mol. The minimum absolute atomic E-state index is 0.0890. The quantitative estimate of drug-likeness (QED) is 0.741. The van der Waals surface area contributed by atoms with Crippen molar-refractivity contribution in [1.29, 1.82) is 0 Å². The Morgan fingerprint density at radius 3 is 2.32 bits per heavy atom. The second-order valence-electron chi connectivity index (χ2n) is 4.53. The van der Waals surface area contributed by atoms with Crippen molar-refractivity contribution in [2.75, 3.05) is 0 Å². The number of amides is 1. The van der Waals surface area contributed by atoms with Crippen molar-refractivity contribution in [2.24, 2.45) is 0 Å². The zero-order valence-corrected chi connectivity index (χ0v) is 13.7. The number of hydrogen-bond donors (Lipinski definition) is 2. The van der Waals surface area contributed by atoms with Crippen molar-refractivity contribution in [2.45, 2.75) is 12.6 Å². The lowest BCUT2D eigenvalue weighted by Gasteiger charge is -2.15. The van der Waals surface area contributed by atoms with Crippen molar-refractivity contribution in [3.05, 3.63) is 69.3 Å². The maximum Gasteiger partial charge on any atom is 0.408 e. The molecule has 0 aromatic heterocycles. The molecular formula is C16H14INO4. The second kappa shape index (κ2) is 7.79. The van der Waals surface area contributed by atoms with Crippen LogP contribution in [-0.4, -0.2) is 17.2 Å². The molecule has 0 heterocycles. The number of carbonyl (C=O) groups is 2. The third-order valence-corrected chi connectivity index (χ3v) is 3.64. The lowest BCUT2D eigenvalue weighted by Crippen LogP contribution is -2.34. The molecule has 1 atom stereocenters. The van der Waals surface area contributed by atoms with Crippen LogP contribution in [0.4, 0.5) is 4.79 Å². The molecule has 0 radical (unpaired) electrons. The Morgan fingerprint density at radius 2 is 1.73 bits per heavy atom. The smallest absolute Gasteiger partial charge is 0.408 e. The standard InChI is InChI=1S/C16H14INO4/c17-13-8-6-12(7-9-13)14(15(19)20)18-16(21)22-10-11-4-2-1-3-5-11/h1-9,14H,10H2,(H,18,21)(H,19,20)/t14-/m0/s1. The van der Waals surface area contributed by atoms with Gasteiger partial charge in [0.25, 0.3) is 0 Å². The van der Waals surface area contributed by atoms with Gasteiger partial charge in [-0.15, -0.1) is 0 Å². The number of aliphatic carboxylic acids is 1. The summed E-state index contributed by atoms with van der Waals surface area (Å²) in [6.45, 7) is 0.0890. The number of carboxylic acids is 1. The normalized spacial score (nSPS) is 11.5. The van der Waals surface area contributed by atoms with E-state index < -0.39 is 18.1 Å². The number of ether oxygens (including phenoxy) is 1. The Labute approximate surface area is 141 Å². The molecule has 2 aromatic carbocycles. The Morgan fingerprint density at radius 1 is 1.09 bits per heavy atom. The Kier molecular flexibility index (Phi) is 5.76. The average Bonchev–Trinajstić information content (AvgIpc) is 2.52. The van der Waals surface area contributed by atoms with Gasteiger partial charge in [0.2, 0.25) is 0 Å². The van der Waals surface area contributed by atoms with Crippen LogP contribution in [0.5, 0.6) is 0 Å². The highest BCUT2D eigenvalue weighted by Gasteiger charge is 2.22. The molecule has 5 nitrogen and oxygen atoms in total. The molecule has 1 amide bonds. The zero-order valence-electron chi connectivity index (χ0n) is 11.5. The number of hydrogen-bond acceptors (Lipinski definition) is 3. The van der Waals surface area contributed by atoms with E-state index in [0.717, 1.165) is 9.13 Å². The fourth-order valence-electron chi connectivity index (χ4n) is 1.83. The van der Waals surface area contributed by atoms with Crippen LogP contribution in [0.15, 0.2) is 54.6 Å². The number of nitrogens with one attached hydrogen (secondary N) is 1. The van der Waals surface area contributed by atoms with Crippen molar-refractivity contribution in [3.63, 3.8) is 0 Å². The second-order valence-corrected chi connectivity index (χ2v) is 5.77. The maximum absolute atomic E-state index is 11.8. The highest BCUT2D eigenvalue weighted by Crippen LogP contribution is 2.16. The summed E-state index contributed by atoms with van der Waals surface area (Å²) in [5.74, 6) is -1.14. The summed E-state index contributed by atoms with van der Waals surface area (Å²) in [7, 11) is 0. The molecule has 0 saturated carbocycles. The van der Waals surface area contributed by atoms with Gasteiger partial charge in [0.15, 0.2) is 6.04 Å². The molecule has 0 aliphatic rings. The Bertz CT molecular complexity index is 643. The fraction of sp³-hybridized carbons (Fsp3) is 0.125. The first-order valence-electron chi connectivity index (χ1n) is 6.52. The van der Waals surface area contributed by atoms with Crippen LogP contribution in [0.3, 0.4) is 0 Å². The first-order chi connectivity index (χ1) is 10.6. The summed E-state index contributed by atoms with van der Waals surface area (Å²) in [6, 6.07) is 14.9. The van der Waals surface area contributed by atoms with E-state index in [-0.39, 0.29) is 6.61 Å². The van der Waals surface area contributed by atoms with Gasteiger partial charge in [-0.25, -0.2) is 9.59 Å². The van der Waals surface area contributed by atoms with Gasteiger partial charge in [0, 0.05) is 3.57 Å². The fourth-order valence-corrected chi connectivity index (χ4v) is 2.19. The third kappa shape index (κ3) is 4.73. The molecule has 0 aliphatic carbocycles. The largest absolute Gasteiger partial charge is 0.479 e. The van der Waals surface area contributed by atoms with E-state index in [1.807, 2.05) is 30.3 Å². The van der Waals surface area contributed by atoms with Crippen molar-refractivity contribution >= 4 is 34.7 Å². The molecule has 0 fully saturated rings. The van der Waals surface area contributed by atoms with E-state index in [1.165, 1.54) is 0 Å². The molecule has 0 unspecified atom stereocenters. The number of rotatable bonds is 5. The first-order valence-corrected chi connectivity index (χ1v) is 7.59. The van der Waals surface area contributed by atoms with Gasteiger partial charge in [-0.1, -0.05) is 42.5 Å². The number of benzene rings is 2. The molecule has 0 spiro atoms. The van der Waals surface area contributed by atoms with Crippen LogP contribution in [0.1, 0.15) is 17.2 Å². The topological polar surface area (TPSA) is 75.6 Å². The van der Waals surface area contributed by atoms with E-state index in [4.69, 9.17) is 4.74 Å². The number of alkyl carbamates (subject to hydrolysis) is 1. The van der Waals surface area contributed by atoms with Crippen LogP contribution in [0.25, 0.3) is 0 Å². The van der Waals surface area contributed by atoms with Gasteiger partial charge in [-0.05, 0) is 45.9 Å². The van der Waals surface area contributed by atoms with E-state index >= 15 is 0 Å². The summed E-state index contributed by atoms with van der Waals surface area (Å²) in [5.41, 5.74) is 1.32. The summed E-state index contributed by atoms with van der Waals surface area (Å²) >= 11 is 2.12. The molecule has 2 N–H and O–H groups in total. The number of halogens is 1. The molecule has 0 saturated heterocycles. The molecule has 22 heavy (non-hydrogen) atoms. The molecule has 2 rings (SSSR count). The van der Waals surface area contributed by atoms with Crippen molar-refractivity contribution in [3.8, 4) is 0 Å². The average molecular weight is 411 g/mol. The van der Waals surface area contributed by atoms with Gasteiger partial charge in [-0.2, -0.15) is 0 Å². The first kappa shape index (κ1) is 16.3. The van der Waals surface area contributed by atoms with Crippen LogP contribution in [-0.2, 0) is 16.1 Å². The lowest BCUT2D eigenvalue weighted by molar-refractivity contribution is -0.139. The van der Waals surface area contributed by atoms with E-state index in [9.17, 15) is 14.7 Å². The van der Waals surface area contributed by atoms with Crippen molar-refractivity contribution < 1.29 is 19.4 Å². The number of carbonyl (C=O) groups excluding carboxylic acids is 1. The lowest BCUT2D eigenvalue weighted by atomic mass is 10.1. The van der Waals surface area contributed by atoms with Crippen LogP contribution >= 0.6 is 22.6 Å². The molecule has 6 heteroatoms. The molecule has 2 aromatic rings. The van der Waals surface area contributed by atoms with Gasteiger partial charge in [0.1, 0.15) is 6.61 Å². The van der Waals surface area contributed by atoms with Crippen molar-refractivity contribution in [1.82, 2.24) is 5.32 Å². The van der Waals surface area contributed by atoms with E-state index in [2.05, 4.69) is 27.9 Å². The van der Waals surface area contributed by atoms with Gasteiger partial charge >= 0.3 is 12.1 Å². The predicted molar refractivity (Wildman–Crippen MR) is 89.3 cm³/mol. The van der Waals surface area contributed by atoms with Gasteiger partial charge < -0.3 is 15.2 Å². The van der Waals surface area contributed by atoms with E-state index in [0.29, 0.717) is 5.56 Å². The summed E-state index contributed by atoms with van der Waals surface area (Å²) < 4.78 is 6.02. The highest BCUT2D eigenvalue weighted by molar-refractivity contribution is 14.1. The van der Waals surface area contributed by atoms with Crippen LogP contribution in [0.2, 0.25) is 0 Å². The monoisotopic (exact) mass is 411 g/mol. The molecule has 0 bridgehead atoms. The SMILES string of the molecule is O=C(N[C@H](C(=O)O)c1ccc(I)cc1)OCc1ccccc1. The molecule has 0 aliphatic heterocycles. The Hall–Kier alpha value is -2.09. The molecule has 114 valence electrons. The summed E-state index contributed by atoms with van der Waals surface area (Å²) in [5, 5.41) is 11.6. The summed E-state index contributed by atoms with van der Waals surface area (Å²) in [4.78, 5) is 23.1. The Balaban J connectivity index is 1.97. The summed E-state index contributed by atoms with van der Waals surface area (Å²) in [6.07, 6.45) is -0.769. The van der Waals surface area contributed by atoms with Gasteiger partial charge in [-0.3, -0.25) is 0 Å². The third-order valence-electron chi connectivity index (χ3n) is 2.93. The zero-order chi connectivity index (χ0) is 15.9. The van der Waals surface area contributed by atoms with Gasteiger partial charge in [0.05, 0.1) is 0 Å². The number of carboxylic acid groups (broad SMARTS) is 1. The minimum Gasteiger partial charge on any atom is -0.479 e. The predicted octanol–water partition coefficient (Wildman–Crippen LogP) is 3.34. The maximum atomic E-state index is 11.8. The van der Waals surface area contributed by atoms with Crippen LogP contribution in [0, 0.1) is 3.57 Å². The highest BCUT2D eigenvalue weighted by atomic mass is 127. The van der Waals surface area contributed by atoms with E-state index in [1.54, 1.807) is 24.3 Å². The van der Waals surface area contributed by atoms with Crippen LogP contribution < -0.4 is 5.32 Å². The minimum atomic E-state index is -1.14.